The van der Waals surface area contributed by atoms with Crippen LogP contribution in [0.3, 0.4) is 0 Å². The molecule has 1 aliphatic carbocycles. The average Bonchev–Trinajstić information content (AvgIpc) is 3.42. The van der Waals surface area contributed by atoms with Crippen LogP contribution in [0.4, 0.5) is 17.2 Å². The van der Waals surface area contributed by atoms with E-state index in [1.165, 1.54) is 16.7 Å². The number of hydrogen-bond donors (Lipinski definition) is 5. The van der Waals surface area contributed by atoms with Crippen molar-refractivity contribution >= 4 is 50.9 Å². The smallest absolute Gasteiger partial charge is 0.222 e. The van der Waals surface area contributed by atoms with E-state index in [9.17, 15) is 15.0 Å². The molecule has 2 aromatic heterocycles. The third kappa shape index (κ3) is 4.61. The highest BCUT2D eigenvalue weighted by Crippen LogP contribution is 2.42. The Morgan fingerprint density at radius 2 is 2.11 bits per heavy atom. The number of nitrogen functional groups attached to an aromatic ring is 1. The fraction of sp³-hybridized carbons (Fsp3) is 0.440. The fourth-order valence-electron chi connectivity index (χ4n) is 5.13. The van der Waals surface area contributed by atoms with Crippen LogP contribution in [0.15, 0.2) is 18.5 Å². The molecular weight excluding hydrogens is 480 g/mol. The van der Waals surface area contributed by atoms with E-state index in [-0.39, 0.29) is 19.0 Å². The molecule has 1 fully saturated rings. The summed E-state index contributed by atoms with van der Waals surface area (Å²) in [7, 11) is 1.59. The Labute approximate surface area is 212 Å². The number of aromatic nitrogens is 2. The first kappa shape index (κ1) is 24.4. The van der Waals surface area contributed by atoms with Crippen molar-refractivity contribution in [3.63, 3.8) is 0 Å². The van der Waals surface area contributed by atoms with Gasteiger partial charge in [-0.25, -0.2) is 9.97 Å². The van der Waals surface area contributed by atoms with Gasteiger partial charge in [0.15, 0.2) is 6.21 Å². The predicted octanol–water partition coefficient (Wildman–Crippen LogP) is 0.653. The molecule has 3 atom stereocenters. The summed E-state index contributed by atoms with van der Waals surface area (Å²) in [5.74, 6) is 1.70. The van der Waals surface area contributed by atoms with E-state index in [2.05, 4.69) is 15.3 Å². The molecule has 1 aromatic carbocycles. The topological polar surface area (TPSA) is 159 Å². The van der Waals surface area contributed by atoms with E-state index in [0.717, 1.165) is 35.9 Å². The van der Waals surface area contributed by atoms with Gasteiger partial charge in [0.2, 0.25) is 5.91 Å². The number of rotatable bonds is 7. The van der Waals surface area contributed by atoms with E-state index in [4.69, 9.17) is 15.9 Å². The number of β-amino-alcohol motifs (C(OH)–C–C–N with tert-alkyl or cyclic N) is 2. The molecule has 1 saturated heterocycles. The Morgan fingerprint density at radius 1 is 1.33 bits per heavy atom. The Balaban J connectivity index is 1.33. The van der Waals surface area contributed by atoms with Gasteiger partial charge in [-0.15, -0.1) is 11.3 Å². The zero-order valence-corrected chi connectivity index (χ0v) is 20.9. The minimum absolute atomic E-state index is 0.00312. The standard InChI is InChI=1S/C25H30N6O4S/c1-35-20-8-16(27)14(9-26)7-17(20)30-24-23-15-4-2-13(6-21(15)36-25(23)29-12-28-24)3-5-22(34)31-10-18(32)19(33)11-31/h7-9,12-13,18-19,26,32-33H,2-6,10-11,27H2,1H3,(H,28,29,30)/p+1/t13?,18-,19-/m1/s1. The van der Waals surface area contributed by atoms with Gasteiger partial charge in [0.25, 0.3) is 0 Å². The molecule has 0 saturated carbocycles. The minimum atomic E-state index is -0.845. The summed E-state index contributed by atoms with van der Waals surface area (Å²) in [5.41, 5.74) is 9.25. The number of nitrogens with one attached hydrogen (secondary N) is 1. The van der Waals surface area contributed by atoms with Gasteiger partial charge in [0, 0.05) is 36.1 Å². The Kier molecular flexibility index (Phi) is 6.78. The van der Waals surface area contributed by atoms with Crippen LogP contribution >= 0.6 is 11.3 Å². The van der Waals surface area contributed by atoms with Crippen molar-refractivity contribution in [2.45, 2.75) is 44.3 Å². The third-order valence-corrected chi connectivity index (χ3v) is 8.33. The number of methoxy groups -OCH3 is 1. The second kappa shape index (κ2) is 10.00. The van der Waals surface area contributed by atoms with Crippen molar-refractivity contribution in [2.24, 2.45) is 5.92 Å². The first-order valence-corrected chi connectivity index (χ1v) is 12.9. The van der Waals surface area contributed by atoms with Gasteiger partial charge in [-0.3, -0.25) is 10.2 Å². The lowest BCUT2D eigenvalue weighted by atomic mass is 9.85. The molecule has 11 heteroatoms. The number of aryl methyl sites for hydroxylation is 1. The van der Waals surface area contributed by atoms with Crippen LogP contribution in [0.1, 0.15) is 35.3 Å². The molecular formula is C25H31N6O4S+. The highest BCUT2D eigenvalue weighted by atomic mass is 32.1. The normalized spacial score (nSPS) is 21.4. The second-order valence-corrected chi connectivity index (χ2v) is 10.5. The molecule has 3 aromatic rings. The number of fused-ring (bicyclic) bond motifs is 3. The van der Waals surface area contributed by atoms with E-state index >= 15 is 0 Å². The lowest BCUT2D eigenvalue weighted by molar-refractivity contribution is -0.131. The van der Waals surface area contributed by atoms with Crippen LogP contribution in [-0.4, -0.2) is 69.6 Å². The zero-order valence-electron chi connectivity index (χ0n) is 20.1. The SMILES string of the molecule is COc1cc(N)c(C=[NH2+])cc1Nc1ncnc2sc3c(c12)CCC(CCC(=O)N1C[C@@H](O)[C@H](O)C1)C3. The third-order valence-electron chi connectivity index (χ3n) is 7.16. The summed E-state index contributed by atoms with van der Waals surface area (Å²) in [6.07, 6.45) is 5.29. The molecule has 1 aliphatic heterocycles. The number of benzene rings is 1. The molecule has 3 heterocycles. The highest BCUT2D eigenvalue weighted by molar-refractivity contribution is 7.19. The van der Waals surface area contributed by atoms with Crippen LogP contribution in [-0.2, 0) is 17.6 Å². The van der Waals surface area contributed by atoms with Crippen LogP contribution in [0, 0.1) is 5.92 Å². The van der Waals surface area contributed by atoms with Gasteiger partial charge >= 0.3 is 0 Å². The number of amides is 1. The van der Waals surface area contributed by atoms with Gasteiger partial charge in [-0.2, -0.15) is 0 Å². The molecule has 0 spiro atoms. The summed E-state index contributed by atoms with van der Waals surface area (Å²) >= 11 is 1.68. The van der Waals surface area contributed by atoms with E-state index in [1.807, 2.05) is 6.07 Å². The van der Waals surface area contributed by atoms with Crippen molar-refractivity contribution in [3.8, 4) is 5.75 Å². The van der Waals surface area contributed by atoms with Crippen molar-refractivity contribution < 1.29 is 25.2 Å². The molecule has 190 valence electrons. The second-order valence-electron chi connectivity index (χ2n) is 9.46. The van der Waals surface area contributed by atoms with Gasteiger partial charge < -0.3 is 30.9 Å². The lowest BCUT2D eigenvalue weighted by Crippen LogP contribution is -2.30. The van der Waals surface area contributed by atoms with Gasteiger partial charge in [-0.1, -0.05) is 0 Å². The average molecular weight is 512 g/mol. The number of nitrogens with two attached hydrogens (primary N) is 2. The van der Waals surface area contributed by atoms with Crippen molar-refractivity contribution in [3.05, 3.63) is 34.5 Å². The monoisotopic (exact) mass is 511 g/mol. The van der Waals surface area contributed by atoms with Gasteiger partial charge in [-0.05, 0) is 43.2 Å². The Bertz CT molecular complexity index is 1300. The minimum Gasteiger partial charge on any atom is -0.494 e. The number of hydrogen-bond acceptors (Lipinski definition) is 9. The Morgan fingerprint density at radius 3 is 2.83 bits per heavy atom. The van der Waals surface area contributed by atoms with Crippen LogP contribution in [0.25, 0.3) is 10.2 Å². The number of carbonyl (C=O) groups is 1. The van der Waals surface area contributed by atoms with Gasteiger partial charge in [0.05, 0.1) is 36.0 Å². The summed E-state index contributed by atoms with van der Waals surface area (Å²) < 4.78 is 5.52. The number of thiophene rings is 1. The summed E-state index contributed by atoms with van der Waals surface area (Å²) in [5, 5.41) is 29.6. The summed E-state index contributed by atoms with van der Waals surface area (Å²) in [6.45, 7) is 0.423. The number of likely N-dealkylation sites (tertiary alicyclic amines) is 1. The summed E-state index contributed by atoms with van der Waals surface area (Å²) in [6, 6.07) is 3.57. The number of ether oxygens (including phenoxy) is 1. The number of carbonyl (C=O) groups excluding carboxylic acids is 1. The quantitative estimate of drug-likeness (QED) is 0.228. The van der Waals surface area contributed by atoms with Crippen molar-refractivity contribution in [1.82, 2.24) is 14.9 Å². The summed E-state index contributed by atoms with van der Waals surface area (Å²) in [4.78, 5) is 25.4. The molecule has 0 radical (unpaired) electrons. The fourth-order valence-corrected chi connectivity index (χ4v) is 6.43. The molecule has 36 heavy (non-hydrogen) atoms. The predicted molar refractivity (Wildman–Crippen MR) is 139 cm³/mol. The number of aliphatic hydroxyl groups excluding tert-OH is 2. The Hall–Kier alpha value is -3.28. The first-order chi connectivity index (χ1) is 17.4. The highest BCUT2D eigenvalue weighted by Gasteiger charge is 2.33. The number of aliphatic hydroxyl groups is 2. The lowest BCUT2D eigenvalue weighted by Gasteiger charge is -2.23. The maximum atomic E-state index is 12.6. The first-order valence-electron chi connectivity index (χ1n) is 12.1. The molecule has 1 unspecified atom stereocenters. The molecule has 10 nitrogen and oxygen atoms in total. The zero-order chi connectivity index (χ0) is 25.4. The van der Waals surface area contributed by atoms with Crippen molar-refractivity contribution in [2.75, 3.05) is 31.2 Å². The van der Waals surface area contributed by atoms with E-state index < -0.39 is 12.2 Å². The van der Waals surface area contributed by atoms with E-state index in [1.54, 1.807) is 35.7 Å². The number of anilines is 3. The molecule has 7 N–H and O–H groups in total. The van der Waals surface area contributed by atoms with E-state index in [0.29, 0.717) is 40.8 Å². The largest absolute Gasteiger partial charge is 0.494 e. The van der Waals surface area contributed by atoms with Gasteiger partial charge in [0.1, 0.15) is 22.7 Å². The molecule has 2 aliphatic rings. The maximum Gasteiger partial charge on any atom is 0.222 e. The van der Waals surface area contributed by atoms with Crippen LogP contribution in [0.5, 0.6) is 5.75 Å². The number of nitrogens with zero attached hydrogens (tertiary/aromatic N) is 3. The molecule has 1 amide bonds. The van der Waals surface area contributed by atoms with Crippen molar-refractivity contribution in [1.29, 1.82) is 0 Å². The van der Waals surface area contributed by atoms with Crippen LogP contribution < -0.4 is 21.2 Å². The maximum absolute atomic E-state index is 12.6. The molecule has 0 bridgehead atoms. The molecule has 5 rings (SSSR count). The van der Waals surface area contributed by atoms with Crippen LogP contribution in [0.2, 0.25) is 0 Å².